The second-order valence-electron chi connectivity index (χ2n) is 6.50. The van der Waals surface area contributed by atoms with E-state index in [0.717, 1.165) is 24.1 Å². The van der Waals surface area contributed by atoms with E-state index in [1.165, 1.54) is 0 Å². The van der Waals surface area contributed by atoms with Crippen LogP contribution in [0.4, 0.5) is 0 Å². The van der Waals surface area contributed by atoms with Gasteiger partial charge < -0.3 is 4.90 Å². The summed E-state index contributed by atoms with van der Waals surface area (Å²) in [5.41, 5.74) is 2.23. The Morgan fingerprint density at radius 2 is 2.04 bits per heavy atom. The minimum Gasteiger partial charge on any atom is -0.337 e. The van der Waals surface area contributed by atoms with Crippen molar-refractivity contribution in [3.8, 4) is 0 Å². The first kappa shape index (κ1) is 15.6. The van der Waals surface area contributed by atoms with Crippen LogP contribution in [-0.4, -0.2) is 44.3 Å². The van der Waals surface area contributed by atoms with Crippen LogP contribution in [0.3, 0.4) is 0 Å². The molecule has 25 heavy (non-hydrogen) atoms. The van der Waals surface area contributed by atoms with Gasteiger partial charge in [-0.25, -0.2) is 5.10 Å². The van der Waals surface area contributed by atoms with E-state index < -0.39 is 0 Å². The first-order chi connectivity index (χ1) is 12.1. The van der Waals surface area contributed by atoms with Gasteiger partial charge >= 0.3 is 0 Å². The van der Waals surface area contributed by atoms with Crippen molar-refractivity contribution in [2.75, 3.05) is 13.1 Å². The Morgan fingerprint density at radius 1 is 1.24 bits per heavy atom. The van der Waals surface area contributed by atoms with Gasteiger partial charge in [-0.2, -0.15) is 10.2 Å². The number of aromatic amines is 2. The molecule has 1 aromatic carbocycles. The molecule has 1 aliphatic heterocycles. The number of aryl methyl sites for hydroxylation is 1. The van der Waals surface area contributed by atoms with Crippen LogP contribution in [0.25, 0.3) is 10.8 Å². The zero-order valence-corrected chi connectivity index (χ0v) is 14.0. The van der Waals surface area contributed by atoms with Crippen molar-refractivity contribution in [1.29, 1.82) is 0 Å². The molecule has 3 aromatic rings. The van der Waals surface area contributed by atoms with Gasteiger partial charge in [-0.05, 0) is 31.4 Å². The van der Waals surface area contributed by atoms with E-state index >= 15 is 0 Å². The molecule has 7 nitrogen and oxygen atoms in total. The van der Waals surface area contributed by atoms with Crippen LogP contribution >= 0.6 is 0 Å². The van der Waals surface area contributed by atoms with E-state index in [2.05, 4.69) is 20.4 Å². The monoisotopic (exact) mass is 337 g/mol. The smallest absolute Gasteiger partial charge is 0.274 e. The summed E-state index contributed by atoms with van der Waals surface area (Å²) in [6.45, 7) is 3.34. The Bertz CT molecular complexity index is 990. The largest absolute Gasteiger partial charge is 0.337 e. The van der Waals surface area contributed by atoms with Crippen molar-refractivity contribution in [3.63, 3.8) is 0 Å². The van der Waals surface area contributed by atoms with Crippen molar-refractivity contribution >= 4 is 16.7 Å². The van der Waals surface area contributed by atoms with Crippen molar-refractivity contribution in [3.05, 3.63) is 57.8 Å². The van der Waals surface area contributed by atoms with Crippen LogP contribution < -0.4 is 5.56 Å². The van der Waals surface area contributed by atoms with Crippen LogP contribution in [0.2, 0.25) is 0 Å². The standard InChI is InChI=1S/C18H19N5O2/c1-11-9-19-20-15(11)12-5-4-8-23(10-12)18(25)16-13-6-2-3-7-14(13)17(24)22-21-16/h2-3,6-7,9,12H,4-5,8,10H2,1H3,(H,19,20)(H,22,24). The lowest BCUT2D eigenvalue weighted by Gasteiger charge is -2.32. The van der Waals surface area contributed by atoms with Gasteiger partial charge in [0.1, 0.15) is 0 Å². The van der Waals surface area contributed by atoms with Crippen molar-refractivity contribution in [2.45, 2.75) is 25.7 Å². The van der Waals surface area contributed by atoms with E-state index in [4.69, 9.17) is 0 Å². The summed E-state index contributed by atoms with van der Waals surface area (Å²) in [5.74, 6) is 0.101. The number of nitrogens with zero attached hydrogens (tertiary/aromatic N) is 3. The molecule has 0 spiro atoms. The SMILES string of the molecule is Cc1cn[nH]c1C1CCCN(C(=O)c2n[nH]c(=O)c3ccccc23)C1. The van der Waals surface area contributed by atoms with Gasteiger partial charge in [0.05, 0.1) is 11.6 Å². The van der Waals surface area contributed by atoms with E-state index in [0.29, 0.717) is 29.6 Å². The molecule has 0 saturated carbocycles. The Kier molecular flexibility index (Phi) is 3.83. The normalized spacial score (nSPS) is 17.8. The van der Waals surface area contributed by atoms with Gasteiger partial charge in [-0.3, -0.25) is 14.7 Å². The van der Waals surface area contributed by atoms with E-state index in [9.17, 15) is 9.59 Å². The summed E-state index contributed by atoms with van der Waals surface area (Å²) in [4.78, 5) is 26.8. The fourth-order valence-electron chi connectivity index (χ4n) is 3.59. The molecule has 0 aliphatic carbocycles. The summed E-state index contributed by atoms with van der Waals surface area (Å²) < 4.78 is 0. The molecule has 3 heterocycles. The predicted molar refractivity (Wildman–Crippen MR) is 93.6 cm³/mol. The van der Waals surface area contributed by atoms with Gasteiger partial charge in [0.2, 0.25) is 0 Å². The van der Waals surface area contributed by atoms with Crippen molar-refractivity contribution in [2.24, 2.45) is 0 Å². The molecule has 1 saturated heterocycles. The Labute approximate surface area is 144 Å². The molecule has 2 aromatic heterocycles. The number of rotatable bonds is 2. The summed E-state index contributed by atoms with van der Waals surface area (Å²) in [7, 11) is 0. The minimum atomic E-state index is -0.281. The topological polar surface area (TPSA) is 94.7 Å². The summed E-state index contributed by atoms with van der Waals surface area (Å²) >= 11 is 0. The molecule has 1 fully saturated rings. The lowest BCUT2D eigenvalue weighted by atomic mass is 9.92. The zero-order chi connectivity index (χ0) is 17.4. The highest BCUT2D eigenvalue weighted by Crippen LogP contribution is 2.28. The number of nitrogens with one attached hydrogen (secondary N) is 2. The average Bonchev–Trinajstić information content (AvgIpc) is 3.08. The third kappa shape index (κ3) is 2.71. The van der Waals surface area contributed by atoms with Gasteiger partial charge in [-0.1, -0.05) is 18.2 Å². The van der Waals surface area contributed by atoms with Gasteiger partial charge in [-0.15, -0.1) is 0 Å². The number of carbonyl (C=O) groups is 1. The van der Waals surface area contributed by atoms with Crippen LogP contribution in [0.5, 0.6) is 0 Å². The van der Waals surface area contributed by atoms with Crippen LogP contribution in [0.15, 0.2) is 35.3 Å². The Hall–Kier alpha value is -2.96. The number of carbonyl (C=O) groups excluding carboxylic acids is 1. The molecule has 7 heteroatoms. The fraction of sp³-hybridized carbons (Fsp3) is 0.333. The van der Waals surface area contributed by atoms with Crippen LogP contribution in [0.1, 0.15) is 40.5 Å². The third-order valence-corrected chi connectivity index (χ3v) is 4.88. The highest BCUT2D eigenvalue weighted by molar-refractivity contribution is 6.04. The highest BCUT2D eigenvalue weighted by Gasteiger charge is 2.29. The van der Waals surface area contributed by atoms with E-state index in [1.54, 1.807) is 18.2 Å². The first-order valence-electron chi connectivity index (χ1n) is 8.41. The van der Waals surface area contributed by atoms with Gasteiger partial charge in [0.15, 0.2) is 5.69 Å². The molecule has 1 unspecified atom stereocenters. The quantitative estimate of drug-likeness (QED) is 0.747. The van der Waals surface area contributed by atoms with Crippen LogP contribution in [0, 0.1) is 6.92 Å². The molecule has 0 bridgehead atoms. The van der Waals surface area contributed by atoms with Crippen molar-refractivity contribution < 1.29 is 4.79 Å². The lowest BCUT2D eigenvalue weighted by molar-refractivity contribution is 0.0700. The molecule has 1 aliphatic rings. The maximum atomic E-state index is 13.0. The number of fused-ring (bicyclic) bond motifs is 1. The maximum Gasteiger partial charge on any atom is 0.274 e. The summed E-state index contributed by atoms with van der Waals surface area (Å²) in [5, 5.41) is 14.7. The summed E-state index contributed by atoms with van der Waals surface area (Å²) in [6.07, 6.45) is 3.76. The second kappa shape index (κ2) is 6.16. The Balaban J connectivity index is 1.66. The number of hydrogen-bond acceptors (Lipinski definition) is 4. The third-order valence-electron chi connectivity index (χ3n) is 4.88. The zero-order valence-electron chi connectivity index (χ0n) is 14.0. The molecule has 1 amide bonds. The molecule has 0 radical (unpaired) electrons. The second-order valence-corrected chi connectivity index (χ2v) is 6.50. The molecule has 4 rings (SSSR count). The van der Waals surface area contributed by atoms with Crippen molar-refractivity contribution in [1.82, 2.24) is 25.3 Å². The number of amides is 1. The number of piperidine rings is 1. The molecular weight excluding hydrogens is 318 g/mol. The van der Waals surface area contributed by atoms with E-state index in [1.807, 2.05) is 24.1 Å². The summed E-state index contributed by atoms with van der Waals surface area (Å²) in [6, 6.07) is 7.07. The minimum absolute atomic E-state index is 0.144. The fourth-order valence-corrected chi connectivity index (χ4v) is 3.59. The number of hydrogen-bond donors (Lipinski definition) is 2. The highest BCUT2D eigenvalue weighted by atomic mass is 16.2. The van der Waals surface area contributed by atoms with Crippen LogP contribution in [-0.2, 0) is 0 Å². The number of benzene rings is 1. The maximum absolute atomic E-state index is 13.0. The molecule has 1 atom stereocenters. The Morgan fingerprint density at radius 3 is 2.80 bits per heavy atom. The first-order valence-corrected chi connectivity index (χ1v) is 8.41. The molecule has 128 valence electrons. The molecule has 2 N–H and O–H groups in total. The lowest BCUT2D eigenvalue weighted by Crippen LogP contribution is -2.40. The van der Waals surface area contributed by atoms with Gasteiger partial charge in [0, 0.05) is 30.1 Å². The average molecular weight is 337 g/mol. The number of aromatic nitrogens is 4. The number of H-pyrrole nitrogens is 2. The predicted octanol–water partition coefficient (Wildman–Crippen LogP) is 1.97. The number of likely N-dealkylation sites (tertiary alicyclic amines) is 1. The van der Waals surface area contributed by atoms with Gasteiger partial charge in [0.25, 0.3) is 11.5 Å². The molecular formula is C18H19N5O2. The van der Waals surface area contributed by atoms with E-state index in [-0.39, 0.29) is 17.4 Å².